The highest BCUT2D eigenvalue weighted by Gasteiger charge is 2.30. The summed E-state index contributed by atoms with van der Waals surface area (Å²) in [5.74, 6) is 0.0274. The second kappa shape index (κ2) is 7.64. The smallest absolute Gasteiger partial charge is 0.231 e. The van der Waals surface area contributed by atoms with Crippen LogP contribution >= 0.6 is 11.3 Å². The predicted octanol–water partition coefficient (Wildman–Crippen LogP) is 3.66. The van der Waals surface area contributed by atoms with Crippen LogP contribution in [0.25, 0.3) is 0 Å². The van der Waals surface area contributed by atoms with Crippen molar-refractivity contribution < 1.29 is 9.59 Å². The lowest BCUT2D eigenvalue weighted by Gasteiger charge is -2.33. The Hall–Kier alpha value is -1.43. The van der Waals surface area contributed by atoms with Crippen LogP contribution < -0.4 is 5.32 Å². The van der Waals surface area contributed by atoms with Crippen LogP contribution in [0.15, 0.2) is 5.38 Å². The third kappa shape index (κ3) is 4.56. The Bertz CT molecular complexity index is 591. The van der Waals surface area contributed by atoms with Crippen LogP contribution in [0.1, 0.15) is 59.6 Å². The Morgan fingerprint density at radius 1 is 1.46 bits per heavy atom. The molecule has 0 saturated carbocycles. The zero-order chi connectivity index (χ0) is 17.9. The lowest BCUT2D eigenvalue weighted by molar-refractivity contribution is -0.138. The number of thiazole rings is 1. The summed E-state index contributed by atoms with van der Waals surface area (Å²) in [5, 5.41) is 5.58. The van der Waals surface area contributed by atoms with Crippen molar-refractivity contribution in [3.8, 4) is 0 Å². The van der Waals surface area contributed by atoms with Gasteiger partial charge < -0.3 is 10.2 Å². The summed E-state index contributed by atoms with van der Waals surface area (Å²) in [4.78, 5) is 31.3. The number of rotatable bonds is 4. The van der Waals surface area contributed by atoms with E-state index >= 15 is 0 Å². The lowest BCUT2D eigenvalue weighted by atomic mass is 9.93. The van der Waals surface area contributed by atoms with E-state index < -0.39 is 0 Å². The molecule has 5 nitrogen and oxygen atoms in total. The second-order valence-electron chi connectivity index (χ2n) is 7.71. The number of likely N-dealkylation sites (tertiary alicyclic amines) is 1. The maximum absolute atomic E-state index is 12.6. The minimum Gasteiger partial charge on any atom is -0.342 e. The molecule has 2 heterocycles. The summed E-state index contributed by atoms with van der Waals surface area (Å²) in [6, 6.07) is 0. The topological polar surface area (TPSA) is 62.3 Å². The summed E-state index contributed by atoms with van der Waals surface area (Å²) >= 11 is 1.46. The number of hydrogen-bond donors (Lipinski definition) is 1. The van der Waals surface area contributed by atoms with E-state index in [4.69, 9.17) is 0 Å². The second-order valence-corrected chi connectivity index (χ2v) is 8.57. The fourth-order valence-corrected chi connectivity index (χ4v) is 3.70. The van der Waals surface area contributed by atoms with Gasteiger partial charge in [0.25, 0.3) is 0 Å². The van der Waals surface area contributed by atoms with Crippen LogP contribution in [0.3, 0.4) is 0 Å². The van der Waals surface area contributed by atoms with Crippen LogP contribution in [0.5, 0.6) is 0 Å². The first-order valence-electron chi connectivity index (χ1n) is 8.78. The average molecular weight is 352 g/mol. The molecule has 1 N–H and O–H groups in total. The summed E-state index contributed by atoms with van der Waals surface area (Å²) in [7, 11) is 0. The Kier molecular flexibility index (Phi) is 6.01. The number of nitrogens with zero attached hydrogens (tertiary/aromatic N) is 2. The van der Waals surface area contributed by atoms with Gasteiger partial charge in [0.1, 0.15) is 0 Å². The third-order valence-electron chi connectivity index (χ3n) is 4.64. The van der Waals surface area contributed by atoms with Gasteiger partial charge in [0.15, 0.2) is 5.13 Å². The SMILES string of the molecule is CC[C@H](C)C(=O)N1CCC[C@H](C(=O)Nc2nc(C(C)(C)C)cs2)C1. The molecule has 0 aromatic carbocycles. The molecule has 1 aromatic rings. The first kappa shape index (κ1) is 18.9. The average Bonchev–Trinajstić information content (AvgIpc) is 3.02. The monoisotopic (exact) mass is 351 g/mol. The van der Waals surface area contributed by atoms with E-state index in [-0.39, 0.29) is 29.1 Å². The van der Waals surface area contributed by atoms with E-state index in [2.05, 4.69) is 31.1 Å². The molecule has 2 amide bonds. The molecule has 134 valence electrons. The summed E-state index contributed by atoms with van der Waals surface area (Å²) < 4.78 is 0. The highest BCUT2D eigenvalue weighted by molar-refractivity contribution is 7.13. The fraction of sp³-hybridized carbons (Fsp3) is 0.722. The molecule has 0 bridgehead atoms. The molecule has 1 aliphatic heterocycles. The number of anilines is 1. The van der Waals surface area contributed by atoms with Crippen LogP contribution in [-0.2, 0) is 15.0 Å². The van der Waals surface area contributed by atoms with Crippen molar-refractivity contribution in [3.05, 3.63) is 11.1 Å². The van der Waals surface area contributed by atoms with Crippen molar-refractivity contribution in [2.45, 2.75) is 59.3 Å². The van der Waals surface area contributed by atoms with Gasteiger partial charge in [-0.25, -0.2) is 4.98 Å². The van der Waals surface area contributed by atoms with Crippen molar-refractivity contribution in [1.29, 1.82) is 0 Å². The first-order valence-corrected chi connectivity index (χ1v) is 9.66. The quantitative estimate of drug-likeness (QED) is 0.900. The standard InChI is InChI=1S/C18H29N3O2S/c1-6-12(2)16(23)21-9-7-8-13(10-21)15(22)20-17-19-14(11-24-17)18(3,4)5/h11-13H,6-10H2,1-5H3,(H,19,20,22)/t12-,13-/m0/s1. The number of carbonyl (C=O) groups is 2. The van der Waals surface area contributed by atoms with Crippen molar-refractivity contribution in [3.63, 3.8) is 0 Å². The van der Waals surface area contributed by atoms with Gasteiger partial charge in [-0.3, -0.25) is 9.59 Å². The number of piperidine rings is 1. The summed E-state index contributed by atoms with van der Waals surface area (Å²) in [5.41, 5.74) is 0.962. The zero-order valence-corrected chi connectivity index (χ0v) is 16.2. The van der Waals surface area contributed by atoms with Gasteiger partial charge >= 0.3 is 0 Å². The molecular weight excluding hydrogens is 322 g/mol. The number of amides is 2. The highest BCUT2D eigenvalue weighted by atomic mass is 32.1. The van der Waals surface area contributed by atoms with E-state index in [9.17, 15) is 9.59 Å². The van der Waals surface area contributed by atoms with Crippen molar-refractivity contribution in [2.75, 3.05) is 18.4 Å². The number of aromatic nitrogens is 1. The lowest BCUT2D eigenvalue weighted by Crippen LogP contribution is -2.45. The predicted molar refractivity (Wildman–Crippen MR) is 98.2 cm³/mol. The molecule has 1 aromatic heterocycles. The molecule has 0 aliphatic carbocycles. The van der Waals surface area contributed by atoms with Gasteiger partial charge in [0.05, 0.1) is 11.6 Å². The molecule has 6 heteroatoms. The fourth-order valence-electron chi connectivity index (χ4n) is 2.76. The Morgan fingerprint density at radius 2 is 2.17 bits per heavy atom. The van der Waals surface area contributed by atoms with Crippen molar-refractivity contribution >= 4 is 28.3 Å². The molecule has 2 rings (SSSR count). The van der Waals surface area contributed by atoms with Gasteiger partial charge in [-0.2, -0.15) is 0 Å². The maximum atomic E-state index is 12.6. The van der Waals surface area contributed by atoms with Crippen LogP contribution in [0.2, 0.25) is 0 Å². The maximum Gasteiger partial charge on any atom is 0.231 e. The molecule has 0 unspecified atom stereocenters. The minimum atomic E-state index is -0.145. The van der Waals surface area contributed by atoms with E-state index in [1.165, 1.54) is 11.3 Å². The van der Waals surface area contributed by atoms with E-state index in [0.29, 0.717) is 11.7 Å². The molecular formula is C18H29N3O2S. The molecule has 0 spiro atoms. The zero-order valence-electron chi connectivity index (χ0n) is 15.4. The van der Waals surface area contributed by atoms with Gasteiger partial charge in [0.2, 0.25) is 11.8 Å². The summed E-state index contributed by atoms with van der Waals surface area (Å²) in [6.07, 6.45) is 2.54. The van der Waals surface area contributed by atoms with E-state index in [1.807, 2.05) is 24.1 Å². The highest BCUT2D eigenvalue weighted by Crippen LogP contribution is 2.27. The minimum absolute atomic E-state index is 0.0218. The molecule has 0 radical (unpaired) electrons. The van der Waals surface area contributed by atoms with Gasteiger partial charge in [-0.15, -0.1) is 11.3 Å². The van der Waals surface area contributed by atoms with Crippen molar-refractivity contribution in [2.24, 2.45) is 11.8 Å². The molecule has 1 saturated heterocycles. The van der Waals surface area contributed by atoms with Gasteiger partial charge in [-0.1, -0.05) is 34.6 Å². The van der Waals surface area contributed by atoms with Crippen LogP contribution in [0.4, 0.5) is 5.13 Å². The summed E-state index contributed by atoms with van der Waals surface area (Å²) in [6.45, 7) is 11.6. The number of nitrogens with one attached hydrogen (secondary N) is 1. The first-order chi connectivity index (χ1) is 11.2. The largest absolute Gasteiger partial charge is 0.342 e. The molecule has 1 aliphatic rings. The van der Waals surface area contributed by atoms with E-state index in [0.717, 1.165) is 31.5 Å². The molecule has 24 heavy (non-hydrogen) atoms. The third-order valence-corrected chi connectivity index (χ3v) is 5.40. The Balaban J connectivity index is 1.97. The molecule has 2 atom stereocenters. The van der Waals surface area contributed by atoms with E-state index in [1.54, 1.807) is 0 Å². The number of hydrogen-bond acceptors (Lipinski definition) is 4. The van der Waals surface area contributed by atoms with Gasteiger partial charge in [-0.05, 0) is 19.3 Å². The van der Waals surface area contributed by atoms with Gasteiger partial charge in [0, 0.05) is 29.8 Å². The normalized spacial score (nSPS) is 19.9. The van der Waals surface area contributed by atoms with Crippen LogP contribution in [-0.4, -0.2) is 34.8 Å². The molecule has 1 fully saturated rings. The van der Waals surface area contributed by atoms with Crippen molar-refractivity contribution in [1.82, 2.24) is 9.88 Å². The Morgan fingerprint density at radius 3 is 2.75 bits per heavy atom. The number of carbonyl (C=O) groups excluding carboxylic acids is 2. The van der Waals surface area contributed by atoms with Crippen LogP contribution in [0, 0.1) is 11.8 Å². The Labute approximate surface area is 148 Å².